The molecule has 1 saturated heterocycles. The Bertz CT molecular complexity index is 1410. The standard InChI is InChI=1S/C28H35F2N5O4S/c1-27(6-7-27)18-39-25-23(16-32-35(26(25)36)22-14-20(29)13-21(30)15-22)33-8-10-34(11-9-33)40(37)17-19-4-5-28(2,31)24(12-19)38-3/h4,12-16H,5-11,17-18,31H2,1-3H3/p+1. The third-order valence-electron chi connectivity index (χ3n) is 7.79. The zero-order chi connectivity index (χ0) is 28.7. The number of hydrogen-bond acceptors (Lipinski definition) is 7. The Labute approximate surface area is 234 Å². The van der Waals surface area contributed by atoms with Crippen LogP contribution in [0.5, 0.6) is 5.75 Å². The van der Waals surface area contributed by atoms with Gasteiger partial charge in [0.1, 0.15) is 34.1 Å². The summed E-state index contributed by atoms with van der Waals surface area (Å²) in [5.74, 6) is -0.441. The molecule has 2 aromatic rings. The van der Waals surface area contributed by atoms with Crippen LogP contribution in [0.4, 0.5) is 14.5 Å². The lowest BCUT2D eigenvalue weighted by molar-refractivity contribution is 0.226. The molecule has 1 aromatic carbocycles. The molecule has 1 aliphatic heterocycles. The molecule has 0 radical (unpaired) electrons. The van der Waals surface area contributed by atoms with Crippen LogP contribution in [0, 0.1) is 17.0 Å². The number of halogens is 2. The highest BCUT2D eigenvalue weighted by Crippen LogP contribution is 2.45. The minimum atomic E-state index is -1.67. The fourth-order valence-corrected chi connectivity index (χ4v) is 6.25. The van der Waals surface area contributed by atoms with Gasteiger partial charge in [-0.25, -0.2) is 8.78 Å². The molecule has 12 heteroatoms. The Balaban J connectivity index is 1.32. The Hall–Kier alpha value is -3.09. The van der Waals surface area contributed by atoms with E-state index in [1.807, 2.05) is 28.3 Å². The van der Waals surface area contributed by atoms with E-state index in [4.69, 9.17) is 15.2 Å². The Kier molecular flexibility index (Phi) is 7.86. The molecule has 2 fully saturated rings. The molecule has 0 spiro atoms. The third-order valence-corrected chi connectivity index (χ3v) is 9.46. The number of thiol groups is 1. The molecule has 9 nitrogen and oxygen atoms in total. The van der Waals surface area contributed by atoms with Crippen LogP contribution in [0.15, 0.2) is 52.7 Å². The van der Waals surface area contributed by atoms with Crippen molar-refractivity contribution < 1.29 is 22.5 Å². The zero-order valence-electron chi connectivity index (χ0n) is 23.0. The summed E-state index contributed by atoms with van der Waals surface area (Å²) in [5.41, 5.74) is 6.55. The van der Waals surface area contributed by atoms with Gasteiger partial charge in [-0.3, -0.25) is 4.79 Å². The number of methoxy groups -OCH3 is 1. The van der Waals surface area contributed by atoms with Crippen molar-refractivity contribution in [1.82, 2.24) is 14.1 Å². The van der Waals surface area contributed by atoms with Crippen LogP contribution in [0.25, 0.3) is 5.69 Å². The molecule has 2 N–H and O–H groups in total. The first kappa shape index (κ1) is 28.4. The molecule has 2 heterocycles. The third kappa shape index (κ3) is 6.13. The van der Waals surface area contributed by atoms with Gasteiger partial charge in [-0.15, -0.1) is 4.31 Å². The van der Waals surface area contributed by atoms with Crippen molar-refractivity contribution in [2.45, 2.75) is 38.6 Å². The van der Waals surface area contributed by atoms with Crippen molar-refractivity contribution in [2.24, 2.45) is 11.1 Å². The van der Waals surface area contributed by atoms with Crippen molar-refractivity contribution >= 4 is 16.7 Å². The summed E-state index contributed by atoms with van der Waals surface area (Å²) in [4.78, 5) is 15.5. The second kappa shape index (κ2) is 11.1. The van der Waals surface area contributed by atoms with E-state index < -0.39 is 33.7 Å². The number of anilines is 1. The van der Waals surface area contributed by atoms with E-state index in [0.29, 0.717) is 56.4 Å². The Morgan fingerprint density at radius 2 is 1.77 bits per heavy atom. The summed E-state index contributed by atoms with van der Waals surface area (Å²) in [6, 6.07) is 2.85. The number of hydrogen-bond donors (Lipinski definition) is 1. The monoisotopic (exact) mass is 576 g/mol. The molecule has 2 atom stereocenters. The highest BCUT2D eigenvalue weighted by Gasteiger charge is 2.39. The Morgan fingerprint density at radius 3 is 2.40 bits per heavy atom. The summed E-state index contributed by atoms with van der Waals surface area (Å²) in [6.45, 7) is 6.41. The first-order valence-corrected chi connectivity index (χ1v) is 14.8. The van der Waals surface area contributed by atoms with Crippen LogP contribution in [0.2, 0.25) is 0 Å². The number of aromatic nitrogens is 2. The maximum absolute atomic E-state index is 13.9. The van der Waals surface area contributed by atoms with E-state index in [0.717, 1.165) is 41.3 Å². The lowest BCUT2D eigenvalue weighted by Crippen LogP contribution is -2.48. The highest BCUT2D eigenvalue weighted by molar-refractivity contribution is 7.82. The quantitative estimate of drug-likeness (QED) is 0.362. The van der Waals surface area contributed by atoms with Crippen LogP contribution < -0.4 is 20.9 Å². The average Bonchev–Trinajstić information content (AvgIpc) is 3.65. The summed E-state index contributed by atoms with van der Waals surface area (Å²) in [5, 5.41) is 4.23. The number of ether oxygens (including phenoxy) is 2. The molecular weight excluding hydrogens is 540 g/mol. The molecule has 5 rings (SSSR count). The van der Waals surface area contributed by atoms with Crippen molar-refractivity contribution in [1.29, 1.82) is 0 Å². The Morgan fingerprint density at radius 1 is 1.10 bits per heavy atom. The van der Waals surface area contributed by atoms with Gasteiger partial charge in [0.2, 0.25) is 5.75 Å². The predicted octanol–water partition coefficient (Wildman–Crippen LogP) is 3.00. The molecule has 1 aromatic heterocycles. The molecule has 216 valence electrons. The molecule has 1 saturated carbocycles. The molecule has 2 unspecified atom stereocenters. The van der Waals surface area contributed by atoms with Crippen LogP contribution in [0.3, 0.4) is 0 Å². The number of piperazine rings is 1. The number of nitrogens with two attached hydrogens (primary N) is 1. The fraction of sp³-hybridized carbons (Fsp3) is 0.500. The van der Waals surface area contributed by atoms with E-state index >= 15 is 0 Å². The van der Waals surface area contributed by atoms with Gasteiger partial charge < -0.3 is 20.1 Å². The summed E-state index contributed by atoms with van der Waals surface area (Å²) < 4.78 is 55.4. The first-order valence-electron chi connectivity index (χ1n) is 13.4. The van der Waals surface area contributed by atoms with Gasteiger partial charge in [0, 0.05) is 30.1 Å². The smallest absolute Gasteiger partial charge is 0.316 e. The predicted molar refractivity (Wildman–Crippen MR) is 151 cm³/mol. The number of nitrogens with zero attached hydrogens (tertiary/aromatic N) is 4. The van der Waals surface area contributed by atoms with E-state index in [1.54, 1.807) is 7.11 Å². The van der Waals surface area contributed by atoms with Gasteiger partial charge in [0.15, 0.2) is 5.75 Å². The van der Waals surface area contributed by atoms with E-state index in [2.05, 4.69) is 12.0 Å². The van der Waals surface area contributed by atoms with Crippen LogP contribution in [-0.2, 0) is 19.9 Å². The lowest BCUT2D eigenvalue weighted by Gasteiger charge is -2.33. The maximum atomic E-state index is 13.9. The van der Waals surface area contributed by atoms with Gasteiger partial charge in [0.05, 0.1) is 44.2 Å². The van der Waals surface area contributed by atoms with Gasteiger partial charge in [-0.1, -0.05) is 17.2 Å². The molecule has 3 aliphatic rings. The SMILES string of the molecule is COC1=CC(C[SH+](=O)N2CCN(c3cnn(-c4cc(F)cc(F)c4)c(=O)c3OCC3(C)CC3)CC2)=CCC1(C)N. The fourth-order valence-electron chi connectivity index (χ4n) is 4.89. The van der Waals surface area contributed by atoms with Crippen LogP contribution in [0.1, 0.15) is 33.1 Å². The van der Waals surface area contributed by atoms with Gasteiger partial charge in [-0.05, 0) is 44.4 Å². The molecule has 40 heavy (non-hydrogen) atoms. The first-order chi connectivity index (χ1) is 19.0. The minimum Gasteiger partial charge on any atom is -0.499 e. The topological polar surface area (TPSA) is 103 Å². The van der Waals surface area contributed by atoms with E-state index in [1.165, 1.54) is 6.20 Å². The summed E-state index contributed by atoms with van der Waals surface area (Å²) in [6.07, 6.45) is 8.01. The second-order valence-electron chi connectivity index (χ2n) is 11.4. The van der Waals surface area contributed by atoms with Crippen molar-refractivity contribution in [3.63, 3.8) is 0 Å². The second-order valence-corrected chi connectivity index (χ2v) is 13.0. The number of benzene rings is 1. The number of rotatable bonds is 9. The molecular formula is C28H36F2N5O4S+. The minimum absolute atomic E-state index is 0.00608. The van der Waals surface area contributed by atoms with Crippen molar-refractivity contribution in [2.75, 3.05) is 50.5 Å². The van der Waals surface area contributed by atoms with Crippen LogP contribution in [-0.4, -0.2) is 65.3 Å². The molecule has 0 amide bonds. The summed E-state index contributed by atoms with van der Waals surface area (Å²) >= 11 is 0. The number of allylic oxidation sites excluding steroid dienone is 1. The largest absolute Gasteiger partial charge is 0.499 e. The van der Waals surface area contributed by atoms with E-state index in [-0.39, 0.29) is 16.9 Å². The van der Waals surface area contributed by atoms with Crippen molar-refractivity contribution in [3.05, 3.63) is 69.9 Å². The van der Waals surface area contributed by atoms with E-state index in [9.17, 15) is 17.8 Å². The van der Waals surface area contributed by atoms with Crippen molar-refractivity contribution in [3.8, 4) is 11.4 Å². The molecule has 0 bridgehead atoms. The van der Waals surface area contributed by atoms with Gasteiger partial charge >= 0.3 is 5.56 Å². The average molecular weight is 577 g/mol. The lowest BCUT2D eigenvalue weighted by atomic mass is 9.90. The maximum Gasteiger partial charge on any atom is 0.316 e. The molecule has 2 aliphatic carbocycles. The highest BCUT2D eigenvalue weighted by atomic mass is 32.2. The van der Waals surface area contributed by atoms with Crippen LogP contribution >= 0.6 is 0 Å². The van der Waals surface area contributed by atoms with Gasteiger partial charge in [0.25, 0.3) is 0 Å². The zero-order valence-corrected chi connectivity index (χ0v) is 23.9. The summed E-state index contributed by atoms with van der Waals surface area (Å²) in [7, 11) is -0.0813. The normalized spacial score (nSPS) is 23.3. The van der Waals surface area contributed by atoms with Gasteiger partial charge in [-0.2, -0.15) is 9.78 Å².